The van der Waals surface area contributed by atoms with Gasteiger partial charge in [0, 0.05) is 11.6 Å². The molecule has 2 N–H and O–H groups in total. The van der Waals surface area contributed by atoms with E-state index in [1.54, 1.807) is 6.92 Å². The molecule has 0 saturated heterocycles. The Hall–Kier alpha value is -1.82. The molecule has 0 spiro atoms. The van der Waals surface area contributed by atoms with Crippen LogP contribution in [-0.4, -0.2) is 29.9 Å². The van der Waals surface area contributed by atoms with Crippen LogP contribution in [0.2, 0.25) is 0 Å². The van der Waals surface area contributed by atoms with E-state index in [2.05, 4.69) is 4.74 Å². The molecule has 0 bridgehead atoms. The van der Waals surface area contributed by atoms with Crippen LogP contribution in [0.4, 0.5) is 4.39 Å². The van der Waals surface area contributed by atoms with Crippen LogP contribution in [0.3, 0.4) is 0 Å². The van der Waals surface area contributed by atoms with Gasteiger partial charge < -0.3 is 19.7 Å². The Bertz CT molecular complexity index is 419. The quantitative estimate of drug-likeness (QED) is 0.777. The number of hydrogen-bond acceptors (Lipinski definition) is 5. The molecule has 1 rings (SSSR count). The highest BCUT2D eigenvalue weighted by atomic mass is 19.1. The zero-order chi connectivity index (χ0) is 13.0. The molecular formula is C11H13FO5. The lowest BCUT2D eigenvalue weighted by Gasteiger charge is -2.14. The normalized spacial score (nSPS) is 12.0. The van der Waals surface area contributed by atoms with Gasteiger partial charge in [-0.3, -0.25) is 0 Å². The third kappa shape index (κ3) is 2.85. The van der Waals surface area contributed by atoms with E-state index in [-0.39, 0.29) is 17.9 Å². The highest BCUT2D eigenvalue weighted by Gasteiger charge is 2.24. The molecule has 0 aliphatic rings. The van der Waals surface area contributed by atoms with Crippen LogP contribution in [0.1, 0.15) is 18.6 Å². The number of hydrogen-bond donors (Lipinski definition) is 2. The van der Waals surface area contributed by atoms with Crippen molar-refractivity contribution in [2.24, 2.45) is 0 Å². The van der Waals surface area contributed by atoms with Crippen molar-refractivity contribution in [1.29, 1.82) is 0 Å². The van der Waals surface area contributed by atoms with Gasteiger partial charge in [0.2, 0.25) is 0 Å². The number of phenolic OH excluding ortho intramolecular Hbond substituents is 1. The number of carbonyl (C=O) groups excluding carboxylic acids is 1. The molecule has 0 saturated carbocycles. The number of carbonyl (C=O) groups is 1. The Morgan fingerprint density at radius 3 is 2.71 bits per heavy atom. The summed E-state index contributed by atoms with van der Waals surface area (Å²) in [7, 11) is 1.26. The third-order valence-corrected chi connectivity index (χ3v) is 2.10. The number of ether oxygens (including phenoxy) is 2. The fourth-order valence-electron chi connectivity index (χ4n) is 1.30. The number of rotatable bonds is 4. The lowest BCUT2D eigenvalue weighted by Crippen LogP contribution is -2.16. The Morgan fingerprint density at radius 1 is 1.53 bits per heavy atom. The van der Waals surface area contributed by atoms with Crippen LogP contribution >= 0.6 is 0 Å². The van der Waals surface area contributed by atoms with Crippen molar-refractivity contribution < 1.29 is 28.9 Å². The summed E-state index contributed by atoms with van der Waals surface area (Å²) in [6.45, 7) is 1.69. The van der Waals surface area contributed by atoms with Gasteiger partial charge in [0.05, 0.1) is 13.7 Å². The summed E-state index contributed by atoms with van der Waals surface area (Å²) in [6.07, 6.45) is -1.63. The first-order chi connectivity index (χ1) is 8.01. The van der Waals surface area contributed by atoms with Crippen LogP contribution < -0.4 is 4.74 Å². The summed E-state index contributed by atoms with van der Waals surface area (Å²) < 4.78 is 22.5. The number of benzene rings is 1. The molecule has 0 heterocycles. The summed E-state index contributed by atoms with van der Waals surface area (Å²) in [5, 5.41) is 18.8. The van der Waals surface area contributed by atoms with Gasteiger partial charge in [-0.2, -0.15) is 0 Å². The van der Waals surface area contributed by atoms with E-state index < -0.39 is 23.6 Å². The molecule has 0 aromatic heterocycles. The second-order valence-corrected chi connectivity index (χ2v) is 3.20. The molecule has 1 aromatic rings. The Kier molecular flexibility index (Phi) is 4.28. The van der Waals surface area contributed by atoms with Crippen molar-refractivity contribution in [3.8, 4) is 11.5 Å². The van der Waals surface area contributed by atoms with Gasteiger partial charge in [-0.05, 0) is 13.0 Å². The zero-order valence-electron chi connectivity index (χ0n) is 9.44. The Balaban J connectivity index is 3.11. The van der Waals surface area contributed by atoms with Gasteiger partial charge in [-0.25, -0.2) is 9.18 Å². The summed E-state index contributed by atoms with van der Waals surface area (Å²) in [6, 6.07) is 1.81. The molecule has 0 fully saturated rings. The molecule has 5 nitrogen and oxygen atoms in total. The molecule has 6 heteroatoms. The van der Waals surface area contributed by atoms with Gasteiger partial charge in [0.25, 0.3) is 0 Å². The monoisotopic (exact) mass is 244 g/mol. The van der Waals surface area contributed by atoms with Crippen molar-refractivity contribution >= 4 is 5.97 Å². The van der Waals surface area contributed by atoms with E-state index in [0.717, 1.165) is 12.1 Å². The summed E-state index contributed by atoms with van der Waals surface area (Å²) in [4.78, 5) is 11.3. The van der Waals surface area contributed by atoms with Crippen molar-refractivity contribution in [1.82, 2.24) is 0 Å². The second-order valence-electron chi connectivity index (χ2n) is 3.20. The second kappa shape index (κ2) is 5.49. The minimum atomic E-state index is -1.63. The van der Waals surface area contributed by atoms with Crippen molar-refractivity contribution in [2.75, 3.05) is 13.7 Å². The standard InChI is InChI=1S/C11H13FO5/c1-3-17-11(15)10(14)6-4-8(13)7(12)5-9(6)16-2/h4-5,10,13-14H,3H2,1-2H3. The van der Waals surface area contributed by atoms with Crippen LogP contribution in [-0.2, 0) is 9.53 Å². The van der Waals surface area contributed by atoms with E-state index in [9.17, 15) is 19.4 Å². The lowest BCUT2D eigenvalue weighted by molar-refractivity contribution is -0.153. The molecule has 0 radical (unpaired) electrons. The first kappa shape index (κ1) is 13.2. The van der Waals surface area contributed by atoms with Crippen LogP contribution in [0.5, 0.6) is 11.5 Å². The molecule has 0 amide bonds. The van der Waals surface area contributed by atoms with Gasteiger partial charge >= 0.3 is 5.97 Å². The maximum absolute atomic E-state index is 13.0. The van der Waals surface area contributed by atoms with Gasteiger partial charge in [-0.1, -0.05) is 0 Å². The maximum Gasteiger partial charge on any atom is 0.339 e. The number of halogens is 1. The Morgan fingerprint density at radius 2 is 2.18 bits per heavy atom. The van der Waals surface area contributed by atoms with Crippen molar-refractivity contribution in [3.05, 3.63) is 23.5 Å². The molecule has 1 unspecified atom stereocenters. The SMILES string of the molecule is CCOC(=O)C(O)c1cc(O)c(F)cc1OC. The maximum atomic E-state index is 13.0. The van der Waals surface area contributed by atoms with E-state index in [1.807, 2.05) is 0 Å². The minimum absolute atomic E-state index is 0.0409. The van der Waals surface area contributed by atoms with Gasteiger partial charge in [0.1, 0.15) is 5.75 Å². The molecule has 0 aliphatic heterocycles. The first-order valence-corrected chi connectivity index (χ1v) is 4.92. The minimum Gasteiger partial charge on any atom is -0.505 e. The molecule has 94 valence electrons. The van der Waals surface area contributed by atoms with E-state index in [1.165, 1.54) is 7.11 Å². The number of methoxy groups -OCH3 is 1. The molecule has 1 aromatic carbocycles. The van der Waals surface area contributed by atoms with E-state index in [0.29, 0.717) is 0 Å². The van der Waals surface area contributed by atoms with Crippen molar-refractivity contribution in [2.45, 2.75) is 13.0 Å². The third-order valence-electron chi connectivity index (χ3n) is 2.10. The smallest absolute Gasteiger partial charge is 0.339 e. The van der Waals surface area contributed by atoms with Gasteiger partial charge in [0.15, 0.2) is 17.7 Å². The van der Waals surface area contributed by atoms with Gasteiger partial charge in [-0.15, -0.1) is 0 Å². The molecule has 1 atom stereocenters. The fourth-order valence-corrected chi connectivity index (χ4v) is 1.30. The highest BCUT2D eigenvalue weighted by molar-refractivity contribution is 5.77. The fraction of sp³-hybridized carbons (Fsp3) is 0.364. The predicted molar refractivity (Wildman–Crippen MR) is 56.2 cm³/mol. The number of aliphatic hydroxyl groups is 1. The topological polar surface area (TPSA) is 76.0 Å². The molecule has 0 aliphatic carbocycles. The first-order valence-electron chi connectivity index (χ1n) is 4.92. The van der Waals surface area contributed by atoms with Crippen LogP contribution in [0.15, 0.2) is 12.1 Å². The van der Waals surface area contributed by atoms with Crippen LogP contribution in [0.25, 0.3) is 0 Å². The average Bonchev–Trinajstić information content (AvgIpc) is 2.31. The molecular weight excluding hydrogens is 231 g/mol. The number of esters is 1. The summed E-state index contributed by atoms with van der Waals surface area (Å²) in [5.41, 5.74) is -0.0511. The largest absolute Gasteiger partial charge is 0.505 e. The lowest BCUT2D eigenvalue weighted by atomic mass is 10.1. The highest BCUT2D eigenvalue weighted by Crippen LogP contribution is 2.31. The average molecular weight is 244 g/mol. The van der Waals surface area contributed by atoms with E-state index in [4.69, 9.17) is 4.74 Å². The van der Waals surface area contributed by atoms with Crippen LogP contribution in [0, 0.1) is 5.82 Å². The van der Waals surface area contributed by atoms with E-state index >= 15 is 0 Å². The molecule has 17 heavy (non-hydrogen) atoms. The Labute approximate surface area is 97.4 Å². The summed E-state index contributed by atoms with van der Waals surface area (Å²) >= 11 is 0. The summed E-state index contributed by atoms with van der Waals surface area (Å²) in [5.74, 6) is -2.51. The predicted octanol–water partition coefficient (Wildman–Crippen LogP) is 1.14. The number of aliphatic hydroxyl groups excluding tert-OH is 1. The number of phenols is 1. The zero-order valence-corrected chi connectivity index (χ0v) is 9.44. The van der Waals surface area contributed by atoms with Crippen molar-refractivity contribution in [3.63, 3.8) is 0 Å². The number of aromatic hydroxyl groups is 1.